The standard InChI is InChI=1S/C54H76N4O6/c1-12-38-34(7)42-27-46-40(29-59)36(9)41(56-46)26-43-35(8)39(51(57-43)49-50(54(62)63-11)53(61)48-37(10)44(58-52(48)49)28-45(38)55-42)22-23-47(60)64-25-24-33(6)21-15-20-32(5)19-14-18-31(4)17-13-16-30(2)3/h26-33,35,39,50,56,58-59,61H,12-25H2,1-11H3/t31-,32-,33-,35+,39+,50-/m1/s1. The fraction of sp³-hybridized carbons (Fsp3) is 0.593. The quantitative estimate of drug-likeness (QED) is 0.0819. The third kappa shape index (κ3) is 10.6. The number of aromatic nitrogens is 4. The molecule has 348 valence electrons. The molecule has 0 aromatic carbocycles. The second-order valence-electron chi connectivity index (χ2n) is 19.9. The largest absolute Gasteiger partial charge is 0.515 e. The fourth-order valence-corrected chi connectivity index (χ4v) is 10.4. The van der Waals surface area contributed by atoms with E-state index in [-0.39, 0.29) is 30.0 Å². The maximum Gasteiger partial charge on any atom is 0.321 e. The lowest BCUT2D eigenvalue weighted by atomic mass is 9.84. The van der Waals surface area contributed by atoms with Gasteiger partial charge in [0.2, 0.25) is 0 Å². The van der Waals surface area contributed by atoms with Crippen molar-refractivity contribution in [2.24, 2.45) is 23.7 Å². The number of H-pyrrole nitrogens is 2. The van der Waals surface area contributed by atoms with Crippen LogP contribution in [0.1, 0.15) is 196 Å². The Labute approximate surface area is 381 Å². The number of aliphatic hydroxyl groups excluding tert-OH is 2. The van der Waals surface area contributed by atoms with E-state index >= 15 is 0 Å². The third-order valence-corrected chi connectivity index (χ3v) is 14.7. The number of methoxy groups -OCH3 is 1. The van der Waals surface area contributed by atoms with Gasteiger partial charge < -0.3 is 29.7 Å². The number of carbonyl (C=O) groups is 2. The molecule has 8 bridgehead atoms. The number of allylic oxidation sites excluding steroid dienone is 2. The van der Waals surface area contributed by atoms with E-state index in [4.69, 9.17) is 19.4 Å². The maximum absolute atomic E-state index is 13.6. The molecule has 0 saturated carbocycles. The Morgan fingerprint density at radius 3 is 2.03 bits per heavy atom. The predicted molar refractivity (Wildman–Crippen MR) is 260 cm³/mol. The number of nitrogens with zero attached hydrogens (tertiary/aromatic N) is 2. The second kappa shape index (κ2) is 21.4. The van der Waals surface area contributed by atoms with Crippen molar-refractivity contribution in [2.45, 2.75) is 170 Å². The number of nitrogens with one attached hydrogen (secondary N) is 2. The summed E-state index contributed by atoms with van der Waals surface area (Å²) in [7, 11) is 1.33. The molecule has 0 radical (unpaired) electrons. The van der Waals surface area contributed by atoms with Crippen LogP contribution in [0.5, 0.6) is 0 Å². The summed E-state index contributed by atoms with van der Waals surface area (Å²) in [5, 5.41) is 23.6. The van der Waals surface area contributed by atoms with Gasteiger partial charge in [-0.1, -0.05) is 106 Å². The Morgan fingerprint density at radius 1 is 0.812 bits per heavy atom. The molecule has 0 unspecified atom stereocenters. The van der Waals surface area contributed by atoms with Crippen LogP contribution >= 0.6 is 0 Å². The molecule has 0 amide bonds. The number of hydrogen-bond acceptors (Lipinski definition) is 8. The van der Waals surface area contributed by atoms with Crippen LogP contribution in [-0.4, -0.2) is 55.8 Å². The summed E-state index contributed by atoms with van der Waals surface area (Å²) in [4.78, 5) is 44.5. The molecule has 3 aromatic rings. The highest BCUT2D eigenvalue weighted by Gasteiger charge is 2.41. The monoisotopic (exact) mass is 877 g/mol. The molecule has 0 spiro atoms. The van der Waals surface area contributed by atoms with E-state index in [1.54, 1.807) is 0 Å². The first-order chi connectivity index (χ1) is 30.6. The van der Waals surface area contributed by atoms with E-state index in [1.807, 2.05) is 32.0 Å². The molecule has 10 nitrogen and oxygen atoms in total. The van der Waals surface area contributed by atoms with E-state index in [0.29, 0.717) is 46.2 Å². The second-order valence-corrected chi connectivity index (χ2v) is 19.9. The van der Waals surface area contributed by atoms with Crippen LogP contribution in [0.2, 0.25) is 0 Å². The first-order valence-electron chi connectivity index (χ1n) is 24.3. The van der Waals surface area contributed by atoms with Gasteiger partial charge in [0.25, 0.3) is 0 Å². The highest BCUT2D eigenvalue weighted by Crippen LogP contribution is 2.46. The molecular formula is C54H76N4O6. The number of carbonyl (C=O) groups excluding carboxylic acids is 2. The third-order valence-electron chi connectivity index (χ3n) is 14.7. The summed E-state index contributed by atoms with van der Waals surface area (Å²) < 4.78 is 11.2. The number of fused-ring (bicyclic) bond motifs is 8. The number of rotatable bonds is 20. The highest BCUT2D eigenvalue weighted by molar-refractivity contribution is 5.97. The van der Waals surface area contributed by atoms with E-state index < -0.39 is 11.9 Å². The molecule has 6 rings (SSSR count). The number of esters is 2. The number of ether oxygens (including phenoxy) is 2. The van der Waals surface area contributed by atoms with Gasteiger partial charge >= 0.3 is 11.9 Å². The Bertz CT molecular complexity index is 2510. The van der Waals surface area contributed by atoms with Crippen molar-refractivity contribution < 1.29 is 29.3 Å². The number of aliphatic hydroxyl groups is 2. The number of aromatic amines is 2. The van der Waals surface area contributed by atoms with Crippen molar-refractivity contribution in [1.82, 2.24) is 19.9 Å². The molecule has 2 aliphatic heterocycles. The van der Waals surface area contributed by atoms with Crippen LogP contribution in [0.3, 0.4) is 0 Å². The molecule has 3 aromatic heterocycles. The average molecular weight is 877 g/mol. The Kier molecular flexibility index (Phi) is 16.3. The van der Waals surface area contributed by atoms with Gasteiger partial charge in [0.15, 0.2) is 0 Å². The lowest BCUT2D eigenvalue weighted by Gasteiger charge is -2.19. The minimum Gasteiger partial charge on any atom is -0.515 e. The van der Waals surface area contributed by atoms with Gasteiger partial charge in [0.05, 0.1) is 48.1 Å². The Balaban J connectivity index is 1.21. The van der Waals surface area contributed by atoms with Gasteiger partial charge in [-0.05, 0) is 104 Å². The lowest BCUT2D eigenvalue weighted by molar-refractivity contribution is -0.144. The first-order valence-corrected chi connectivity index (χ1v) is 24.3. The van der Waals surface area contributed by atoms with Crippen molar-refractivity contribution >= 4 is 57.2 Å². The normalized spacial score (nSPS) is 18.8. The van der Waals surface area contributed by atoms with Crippen molar-refractivity contribution in [1.29, 1.82) is 0 Å². The molecule has 10 heteroatoms. The molecule has 3 aliphatic rings. The van der Waals surface area contributed by atoms with Crippen LogP contribution < -0.4 is 10.4 Å². The summed E-state index contributed by atoms with van der Waals surface area (Å²) in [6.07, 6.45) is 14.9. The molecule has 1 aliphatic carbocycles. The van der Waals surface area contributed by atoms with Gasteiger partial charge in [-0.3, -0.25) is 14.6 Å². The summed E-state index contributed by atoms with van der Waals surface area (Å²) in [5.74, 6) is 0.389. The highest BCUT2D eigenvalue weighted by atomic mass is 16.5. The summed E-state index contributed by atoms with van der Waals surface area (Å²) in [5.41, 5.74) is 10.2. The topological polar surface area (TPSA) is 150 Å². The van der Waals surface area contributed by atoms with Crippen molar-refractivity contribution in [2.75, 3.05) is 13.7 Å². The Hall–Kier alpha value is -4.86. The Morgan fingerprint density at radius 2 is 1.42 bits per heavy atom. The van der Waals surface area contributed by atoms with Crippen LogP contribution in [0.25, 0.3) is 45.2 Å². The number of aryl methyl sites for hydroxylation is 2. The van der Waals surface area contributed by atoms with Crippen LogP contribution in [-0.2, 0) is 19.1 Å². The zero-order chi connectivity index (χ0) is 46.4. The predicted octanol–water partition coefficient (Wildman–Crippen LogP) is 12.2. The average Bonchev–Trinajstić information content (AvgIpc) is 3.99. The van der Waals surface area contributed by atoms with E-state index in [2.05, 4.69) is 65.4 Å². The van der Waals surface area contributed by atoms with Gasteiger partial charge in [-0.25, -0.2) is 4.98 Å². The van der Waals surface area contributed by atoms with Crippen LogP contribution in [0.4, 0.5) is 0 Å². The van der Waals surface area contributed by atoms with E-state index in [1.165, 1.54) is 58.5 Å². The summed E-state index contributed by atoms with van der Waals surface area (Å²) in [6.45, 7) is 22.2. The van der Waals surface area contributed by atoms with Gasteiger partial charge in [0, 0.05) is 51.0 Å². The summed E-state index contributed by atoms with van der Waals surface area (Å²) in [6, 6.07) is 5.97. The minimum atomic E-state index is -1.09. The molecule has 4 N–H and O–H groups in total. The van der Waals surface area contributed by atoms with Gasteiger partial charge in [0.1, 0.15) is 11.7 Å². The number of hydrogen-bond donors (Lipinski definition) is 4. The summed E-state index contributed by atoms with van der Waals surface area (Å²) >= 11 is 0. The fourth-order valence-electron chi connectivity index (χ4n) is 10.4. The lowest BCUT2D eigenvalue weighted by Crippen LogP contribution is -2.18. The van der Waals surface area contributed by atoms with Crippen LogP contribution in [0, 0.1) is 37.5 Å². The first kappa shape index (κ1) is 48.6. The van der Waals surface area contributed by atoms with Crippen LogP contribution in [0.15, 0.2) is 18.2 Å². The minimum absolute atomic E-state index is 0.0808. The van der Waals surface area contributed by atoms with Crippen molar-refractivity contribution in [3.8, 4) is 0 Å². The SMILES string of the molecule is CCC1=C(C)c2cc3[nH]c(cc4nc(c5c6[nH]c(cc1n2)c(C)c6=C(O)[C@@H]5C(=O)OC)[C@@H](CCC(=O)OCC[C@H](C)CCC[C@H](C)CCC[C@H](C)CCCC(C)C)[C@@H]4C)c(C)c3=CO. The van der Waals surface area contributed by atoms with E-state index in [9.17, 15) is 19.8 Å². The van der Waals surface area contributed by atoms with Crippen molar-refractivity contribution in [3.63, 3.8) is 0 Å². The zero-order valence-electron chi connectivity index (χ0n) is 40.7. The molecule has 6 atom stereocenters. The maximum atomic E-state index is 13.6. The van der Waals surface area contributed by atoms with E-state index in [0.717, 1.165) is 99.2 Å². The molecular weight excluding hydrogens is 801 g/mol. The van der Waals surface area contributed by atoms with Gasteiger partial charge in [-0.15, -0.1) is 0 Å². The molecule has 0 saturated heterocycles. The molecule has 5 heterocycles. The van der Waals surface area contributed by atoms with Crippen molar-refractivity contribution in [3.05, 3.63) is 68.1 Å². The molecule has 64 heavy (non-hydrogen) atoms. The van der Waals surface area contributed by atoms with Gasteiger partial charge in [-0.2, -0.15) is 0 Å². The zero-order valence-corrected chi connectivity index (χ0v) is 40.7. The smallest absolute Gasteiger partial charge is 0.321 e. The molecule has 0 fully saturated rings.